The van der Waals surface area contributed by atoms with Crippen LogP contribution in [0, 0.1) is 5.26 Å². The number of hydrogen-bond donors (Lipinski definition) is 2. The van der Waals surface area contributed by atoms with Gasteiger partial charge in [0.25, 0.3) is 5.26 Å². The van der Waals surface area contributed by atoms with Gasteiger partial charge in [0.1, 0.15) is 4.34 Å². The molecule has 3 N–H and O–H groups in total. The first-order valence-corrected chi connectivity index (χ1v) is 7.88. The highest BCUT2D eigenvalue weighted by molar-refractivity contribution is 7.15. The van der Waals surface area contributed by atoms with Gasteiger partial charge in [0.05, 0.1) is 0 Å². The van der Waals surface area contributed by atoms with Crippen molar-refractivity contribution in [3.63, 3.8) is 0 Å². The summed E-state index contributed by atoms with van der Waals surface area (Å²) in [6.07, 6.45) is 4.46. The molecule has 1 aromatic heterocycles. The molecule has 2 heterocycles. The maximum atomic E-state index is 12.8. The maximum absolute atomic E-state index is 12.8. The van der Waals surface area contributed by atoms with Crippen LogP contribution in [0.4, 0.5) is 10.2 Å². The van der Waals surface area contributed by atoms with Gasteiger partial charge in [0, 0.05) is 19.1 Å². The molecule has 2 rings (SSSR count). The van der Waals surface area contributed by atoms with Crippen LogP contribution in [0.25, 0.3) is 0 Å². The van der Waals surface area contributed by atoms with E-state index in [0.717, 1.165) is 56.8 Å². The maximum Gasteiger partial charge on any atom is 0.272 e. The van der Waals surface area contributed by atoms with Gasteiger partial charge in [-0.05, 0) is 38.8 Å². The highest BCUT2D eigenvalue weighted by Crippen LogP contribution is 2.27. The van der Waals surface area contributed by atoms with Crippen molar-refractivity contribution < 1.29 is 4.39 Å². The predicted molar refractivity (Wildman–Crippen MR) is 78.5 cm³/mol. The third-order valence-corrected chi connectivity index (χ3v) is 4.34. The van der Waals surface area contributed by atoms with Crippen LogP contribution in [-0.4, -0.2) is 42.1 Å². The third-order valence-electron chi connectivity index (χ3n) is 3.30. The first kappa shape index (κ1) is 15.0. The molecule has 0 aromatic carbocycles. The van der Waals surface area contributed by atoms with Crippen molar-refractivity contribution in [1.29, 1.82) is 0 Å². The van der Waals surface area contributed by atoms with Crippen LogP contribution in [0.3, 0.4) is 0 Å². The molecule has 1 aliphatic rings. The number of hydrogen-bond acceptors (Lipinski definition) is 5. The molecule has 0 radical (unpaired) electrons. The van der Waals surface area contributed by atoms with E-state index in [9.17, 15) is 4.39 Å². The second-order valence-corrected chi connectivity index (χ2v) is 6.48. The average Bonchev–Trinajstić information content (AvgIpc) is 2.68. The van der Waals surface area contributed by atoms with Crippen molar-refractivity contribution in [3.8, 4) is 0 Å². The number of aromatic nitrogens is 1. The minimum atomic E-state index is -0.491. The lowest BCUT2D eigenvalue weighted by molar-refractivity contribution is 0.206. The SMILES string of the molecule is N[C@H]1CCCN(CCCCNc2nc(F)sc2Cl)C1. The van der Waals surface area contributed by atoms with Gasteiger partial charge >= 0.3 is 0 Å². The molecule has 0 aliphatic carbocycles. The monoisotopic (exact) mass is 306 g/mol. The van der Waals surface area contributed by atoms with E-state index >= 15 is 0 Å². The van der Waals surface area contributed by atoms with Crippen molar-refractivity contribution >= 4 is 28.8 Å². The van der Waals surface area contributed by atoms with E-state index in [1.165, 1.54) is 6.42 Å². The molecule has 7 heteroatoms. The summed E-state index contributed by atoms with van der Waals surface area (Å²) in [4.78, 5) is 6.11. The molecule has 1 aliphatic heterocycles. The molecule has 0 saturated carbocycles. The Labute approximate surface area is 122 Å². The summed E-state index contributed by atoms with van der Waals surface area (Å²) in [6, 6.07) is 0.337. The van der Waals surface area contributed by atoms with Crippen molar-refractivity contribution in [2.45, 2.75) is 31.7 Å². The lowest BCUT2D eigenvalue weighted by Crippen LogP contribution is -2.43. The van der Waals surface area contributed by atoms with Gasteiger partial charge < -0.3 is 16.0 Å². The summed E-state index contributed by atoms with van der Waals surface area (Å²) in [5.74, 6) is 0.462. The Kier molecular flexibility index (Phi) is 5.81. The first-order valence-electron chi connectivity index (χ1n) is 6.69. The number of anilines is 1. The highest BCUT2D eigenvalue weighted by atomic mass is 35.5. The number of thiazole rings is 1. The van der Waals surface area contributed by atoms with Gasteiger partial charge in [-0.25, -0.2) is 0 Å². The molecule has 0 spiro atoms. The Morgan fingerprint density at radius 2 is 2.37 bits per heavy atom. The van der Waals surface area contributed by atoms with Crippen molar-refractivity contribution in [1.82, 2.24) is 9.88 Å². The fourth-order valence-corrected chi connectivity index (χ4v) is 3.15. The van der Waals surface area contributed by atoms with Crippen molar-refractivity contribution in [2.75, 3.05) is 31.5 Å². The van der Waals surface area contributed by atoms with E-state index in [2.05, 4.69) is 15.2 Å². The zero-order valence-electron chi connectivity index (χ0n) is 10.9. The zero-order chi connectivity index (χ0) is 13.7. The normalized spacial score (nSPS) is 20.7. The number of nitrogens with one attached hydrogen (secondary N) is 1. The molecule has 1 atom stereocenters. The number of unbranched alkanes of at least 4 members (excludes halogenated alkanes) is 1. The van der Waals surface area contributed by atoms with Crippen LogP contribution in [0.1, 0.15) is 25.7 Å². The minimum Gasteiger partial charge on any atom is -0.368 e. The van der Waals surface area contributed by atoms with E-state index in [0.29, 0.717) is 16.2 Å². The second kappa shape index (κ2) is 7.38. The largest absolute Gasteiger partial charge is 0.368 e. The molecule has 0 unspecified atom stereocenters. The summed E-state index contributed by atoms with van der Waals surface area (Å²) in [5.41, 5.74) is 5.94. The Bertz CT molecular complexity index is 401. The number of piperidine rings is 1. The molecular formula is C12H20ClFN4S. The molecule has 0 bridgehead atoms. The fourth-order valence-electron chi connectivity index (χ4n) is 2.35. The minimum absolute atomic E-state index is 0.337. The molecule has 1 fully saturated rings. The molecule has 1 aromatic rings. The summed E-state index contributed by atoms with van der Waals surface area (Å²) >= 11 is 6.69. The van der Waals surface area contributed by atoms with Gasteiger partial charge in [0.15, 0.2) is 5.82 Å². The standard InChI is InChI=1S/C12H20ClFN4S/c13-10-11(17-12(14)19-10)16-5-1-2-6-18-7-3-4-9(15)8-18/h9,16H,1-8,15H2/t9-/m0/s1. The molecule has 108 valence electrons. The van der Waals surface area contributed by atoms with E-state index in [4.69, 9.17) is 17.3 Å². The number of nitrogens with zero attached hydrogens (tertiary/aromatic N) is 2. The topological polar surface area (TPSA) is 54.2 Å². The first-order chi connectivity index (χ1) is 9.15. The van der Waals surface area contributed by atoms with Crippen LogP contribution in [0.15, 0.2) is 0 Å². The van der Waals surface area contributed by atoms with E-state index in [1.807, 2.05) is 0 Å². The van der Waals surface area contributed by atoms with E-state index < -0.39 is 5.26 Å². The Morgan fingerprint density at radius 1 is 1.53 bits per heavy atom. The van der Waals surface area contributed by atoms with Gasteiger partial charge in [-0.3, -0.25) is 0 Å². The summed E-state index contributed by atoms with van der Waals surface area (Å²) in [6.45, 7) is 4.01. The fraction of sp³-hybridized carbons (Fsp3) is 0.750. The van der Waals surface area contributed by atoms with Crippen LogP contribution in [-0.2, 0) is 0 Å². The quantitative estimate of drug-likeness (QED) is 0.793. The summed E-state index contributed by atoms with van der Waals surface area (Å²) in [7, 11) is 0. The van der Waals surface area contributed by atoms with Crippen molar-refractivity contribution in [3.05, 3.63) is 9.60 Å². The third kappa shape index (κ3) is 4.87. The Morgan fingerprint density at radius 3 is 3.05 bits per heavy atom. The van der Waals surface area contributed by atoms with Crippen molar-refractivity contribution in [2.24, 2.45) is 5.73 Å². The highest BCUT2D eigenvalue weighted by Gasteiger charge is 2.15. The molecule has 0 amide bonds. The van der Waals surface area contributed by atoms with Crippen LogP contribution < -0.4 is 11.1 Å². The van der Waals surface area contributed by atoms with Gasteiger partial charge in [-0.15, -0.1) is 0 Å². The van der Waals surface area contributed by atoms with Gasteiger partial charge in [0.2, 0.25) is 0 Å². The van der Waals surface area contributed by atoms with Gasteiger partial charge in [-0.1, -0.05) is 22.9 Å². The molecule has 19 heavy (non-hydrogen) atoms. The Balaban J connectivity index is 1.58. The molecular weight excluding hydrogens is 287 g/mol. The Hall–Kier alpha value is -0.430. The average molecular weight is 307 g/mol. The number of halogens is 2. The summed E-state index contributed by atoms with van der Waals surface area (Å²) in [5, 5.41) is 2.57. The number of rotatable bonds is 6. The van der Waals surface area contributed by atoms with Crippen LogP contribution in [0.2, 0.25) is 4.34 Å². The van der Waals surface area contributed by atoms with Crippen LogP contribution >= 0.6 is 22.9 Å². The number of nitrogens with two attached hydrogens (primary N) is 1. The van der Waals surface area contributed by atoms with Gasteiger partial charge in [-0.2, -0.15) is 9.37 Å². The summed E-state index contributed by atoms with van der Waals surface area (Å²) < 4.78 is 13.2. The van der Waals surface area contributed by atoms with E-state index in [1.54, 1.807) is 0 Å². The lowest BCUT2D eigenvalue weighted by Gasteiger charge is -2.30. The zero-order valence-corrected chi connectivity index (χ0v) is 12.4. The number of likely N-dealkylation sites (tertiary alicyclic amines) is 1. The lowest BCUT2D eigenvalue weighted by atomic mass is 10.1. The van der Waals surface area contributed by atoms with Crippen LogP contribution in [0.5, 0.6) is 0 Å². The van der Waals surface area contributed by atoms with E-state index in [-0.39, 0.29) is 0 Å². The second-order valence-electron chi connectivity index (χ2n) is 4.93. The molecule has 4 nitrogen and oxygen atoms in total. The predicted octanol–water partition coefficient (Wildman–Crippen LogP) is 2.55. The molecule has 1 saturated heterocycles. The smallest absolute Gasteiger partial charge is 0.272 e.